The van der Waals surface area contributed by atoms with Gasteiger partial charge in [-0.05, 0) is 25.0 Å². The van der Waals surface area contributed by atoms with E-state index in [1.807, 2.05) is 31.2 Å². The summed E-state index contributed by atoms with van der Waals surface area (Å²) in [6.45, 7) is 3.97. The lowest BCUT2D eigenvalue weighted by Crippen LogP contribution is -2.13. The summed E-state index contributed by atoms with van der Waals surface area (Å²) in [4.78, 5) is 12.0. The fourth-order valence-corrected chi connectivity index (χ4v) is 1.90. The predicted octanol–water partition coefficient (Wildman–Crippen LogP) is 1.98. The van der Waals surface area contributed by atoms with Crippen molar-refractivity contribution in [3.05, 3.63) is 46.8 Å². The zero-order chi connectivity index (χ0) is 14.0. The van der Waals surface area contributed by atoms with Crippen LogP contribution in [0.15, 0.2) is 24.3 Å². The van der Waals surface area contributed by atoms with E-state index in [1.165, 1.54) is 4.68 Å². The van der Waals surface area contributed by atoms with E-state index in [-0.39, 0.29) is 6.61 Å². The molecule has 1 aromatic carbocycles. The van der Waals surface area contributed by atoms with Gasteiger partial charge in [-0.25, -0.2) is 4.79 Å². The molecule has 100 valence electrons. The van der Waals surface area contributed by atoms with Crippen LogP contribution in [0, 0.1) is 13.8 Å². The Balaban J connectivity index is 2.12. The zero-order valence-corrected chi connectivity index (χ0v) is 11.3. The summed E-state index contributed by atoms with van der Waals surface area (Å²) in [6.07, 6.45) is 0. The highest BCUT2D eigenvalue weighted by Gasteiger charge is 2.19. The van der Waals surface area contributed by atoms with Crippen LogP contribution in [-0.2, 0) is 18.4 Å². The number of benzene rings is 1. The van der Waals surface area contributed by atoms with Gasteiger partial charge in [-0.15, -0.1) is 0 Å². The summed E-state index contributed by atoms with van der Waals surface area (Å²) < 4.78 is 6.74. The van der Waals surface area contributed by atoms with Crippen LogP contribution in [0.1, 0.15) is 27.3 Å². The first-order chi connectivity index (χ1) is 9.00. The van der Waals surface area contributed by atoms with Gasteiger partial charge in [0.1, 0.15) is 6.61 Å². The second-order valence-corrected chi connectivity index (χ2v) is 4.47. The Hall–Kier alpha value is -2.30. The molecule has 0 amide bonds. The first-order valence-corrected chi connectivity index (χ1v) is 6.01. The van der Waals surface area contributed by atoms with E-state index in [0.29, 0.717) is 17.1 Å². The molecule has 0 aliphatic heterocycles. The van der Waals surface area contributed by atoms with Crippen LogP contribution in [0.4, 0.5) is 5.69 Å². The highest BCUT2D eigenvalue weighted by molar-refractivity contribution is 5.93. The molecular formula is C14H17N3O2. The molecule has 19 heavy (non-hydrogen) atoms. The van der Waals surface area contributed by atoms with E-state index in [0.717, 1.165) is 11.1 Å². The molecule has 0 aliphatic carbocycles. The second-order valence-electron chi connectivity index (χ2n) is 4.47. The van der Waals surface area contributed by atoms with Gasteiger partial charge in [-0.3, -0.25) is 4.68 Å². The lowest BCUT2D eigenvalue weighted by Gasteiger charge is -2.08. The smallest absolute Gasteiger partial charge is 0.359 e. The van der Waals surface area contributed by atoms with Gasteiger partial charge in [0.05, 0.1) is 11.4 Å². The standard InChI is InChI=1S/C14H17N3O2/c1-9-6-4-5-7-11(9)8-19-14(18)13-12(15)10(2)16-17(13)3/h4-7H,8,15H2,1-3H3. The van der Waals surface area contributed by atoms with Crippen LogP contribution in [0.3, 0.4) is 0 Å². The minimum atomic E-state index is -0.455. The lowest BCUT2D eigenvalue weighted by molar-refractivity contribution is 0.0460. The number of carbonyl (C=O) groups is 1. The van der Waals surface area contributed by atoms with Crippen LogP contribution in [0.5, 0.6) is 0 Å². The van der Waals surface area contributed by atoms with E-state index in [9.17, 15) is 4.79 Å². The van der Waals surface area contributed by atoms with Crippen molar-refractivity contribution in [2.45, 2.75) is 20.5 Å². The van der Waals surface area contributed by atoms with E-state index in [1.54, 1.807) is 14.0 Å². The number of nitrogens with zero attached hydrogens (tertiary/aromatic N) is 2. The van der Waals surface area contributed by atoms with Crippen LogP contribution in [0.2, 0.25) is 0 Å². The average Bonchev–Trinajstić information content (AvgIpc) is 2.62. The van der Waals surface area contributed by atoms with Gasteiger partial charge in [0.2, 0.25) is 0 Å². The Bertz CT molecular complexity index is 617. The number of nitrogens with two attached hydrogens (primary N) is 1. The van der Waals surface area contributed by atoms with Crippen molar-refractivity contribution >= 4 is 11.7 Å². The normalized spacial score (nSPS) is 10.5. The fourth-order valence-electron chi connectivity index (χ4n) is 1.90. The van der Waals surface area contributed by atoms with E-state index in [4.69, 9.17) is 10.5 Å². The minimum Gasteiger partial charge on any atom is -0.456 e. The van der Waals surface area contributed by atoms with Crippen molar-refractivity contribution in [2.24, 2.45) is 7.05 Å². The molecule has 0 atom stereocenters. The molecule has 5 nitrogen and oxygen atoms in total. The molecule has 0 unspecified atom stereocenters. The molecule has 0 saturated heterocycles. The van der Waals surface area contributed by atoms with Crippen LogP contribution in [-0.4, -0.2) is 15.7 Å². The number of carbonyl (C=O) groups excluding carboxylic acids is 1. The van der Waals surface area contributed by atoms with Gasteiger partial charge in [-0.2, -0.15) is 5.10 Å². The molecule has 2 N–H and O–H groups in total. The topological polar surface area (TPSA) is 70.1 Å². The number of nitrogen functional groups attached to an aromatic ring is 1. The molecule has 5 heteroatoms. The second kappa shape index (κ2) is 5.14. The number of rotatable bonds is 3. The molecule has 0 spiro atoms. The monoisotopic (exact) mass is 259 g/mol. The number of aryl methyl sites for hydroxylation is 3. The van der Waals surface area contributed by atoms with Crippen LogP contribution < -0.4 is 5.73 Å². The maximum atomic E-state index is 12.0. The number of hydrogen-bond acceptors (Lipinski definition) is 4. The molecular weight excluding hydrogens is 242 g/mol. The maximum Gasteiger partial charge on any atom is 0.359 e. The van der Waals surface area contributed by atoms with Crippen LogP contribution in [0.25, 0.3) is 0 Å². The zero-order valence-electron chi connectivity index (χ0n) is 11.3. The van der Waals surface area contributed by atoms with Crippen molar-refractivity contribution in [1.29, 1.82) is 0 Å². The Morgan fingerprint density at radius 2 is 2.05 bits per heavy atom. The highest BCUT2D eigenvalue weighted by Crippen LogP contribution is 2.17. The molecule has 0 saturated carbocycles. The van der Waals surface area contributed by atoms with Gasteiger partial charge >= 0.3 is 5.97 Å². The molecule has 2 rings (SSSR count). The van der Waals surface area contributed by atoms with E-state index >= 15 is 0 Å². The van der Waals surface area contributed by atoms with Crippen molar-refractivity contribution in [1.82, 2.24) is 9.78 Å². The SMILES string of the molecule is Cc1ccccc1COC(=O)c1c(N)c(C)nn1C. The summed E-state index contributed by atoms with van der Waals surface area (Å²) in [7, 11) is 1.67. The first kappa shape index (κ1) is 13.1. The quantitative estimate of drug-likeness (QED) is 0.856. The van der Waals surface area contributed by atoms with Gasteiger partial charge in [0.15, 0.2) is 5.69 Å². The Labute approximate surface area is 112 Å². The number of aromatic nitrogens is 2. The highest BCUT2D eigenvalue weighted by atomic mass is 16.5. The Morgan fingerprint density at radius 1 is 1.37 bits per heavy atom. The third kappa shape index (κ3) is 2.59. The summed E-state index contributed by atoms with van der Waals surface area (Å²) in [5.41, 5.74) is 9.19. The van der Waals surface area contributed by atoms with Crippen molar-refractivity contribution in [3.63, 3.8) is 0 Å². The molecule has 1 aromatic heterocycles. The van der Waals surface area contributed by atoms with Gasteiger partial charge in [0.25, 0.3) is 0 Å². The van der Waals surface area contributed by atoms with Crippen LogP contribution >= 0.6 is 0 Å². The number of hydrogen-bond donors (Lipinski definition) is 1. The number of ether oxygens (including phenoxy) is 1. The predicted molar refractivity (Wildman–Crippen MR) is 72.7 cm³/mol. The van der Waals surface area contributed by atoms with Gasteiger partial charge in [-0.1, -0.05) is 24.3 Å². The third-order valence-electron chi connectivity index (χ3n) is 3.08. The minimum absolute atomic E-state index is 0.231. The Kier molecular flexibility index (Phi) is 3.55. The molecule has 0 bridgehead atoms. The van der Waals surface area contributed by atoms with Gasteiger partial charge < -0.3 is 10.5 Å². The first-order valence-electron chi connectivity index (χ1n) is 6.01. The van der Waals surface area contributed by atoms with E-state index < -0.39 is 5.97 Å². The van der Waals surface area contributed by atoms with Crippen molar-refractivity contribution < 1.29 is 9.53 Å². The number of esters is 1. The summed E-state index contributed by atoms with van der Waals surface area (Å²) in [6, 6.07) is 7.77. The van der Waals surface area contributed by atoms with Crippen molar-refractivity contribution in [3.8, 4) is 0 Å². The lowest BCUT2D eigenvalue weighted by atomic mass is 10.1. The van der Waals surface area contributed by atoms with E-state index in [2.05, 4.69) is 5.10 Å². The molecule has 2 aromatic rings. The maximum absolute atomic E-state index is 12.0. The summed E-state index contributed by atoms with van der Waals surface area (Å²) >= 11 is 0. The largest absolute Gasteiger partial charge is 0.456 e. The molecule has 1 heterocycles. The fraction of sp³-hybridized carbons (Fsp3) is 0.286. The summed E-state index contributed by atoms with van der Waals surface area (Å²) in [5.74, 6) is -0.455. The third-order valence-corrected chi connectivity index (χ3v) is 3.08. The average molecular weight is 259 g/mol. The molecule has 0 aliphatic rings. The Morgan fingerprint density at radius 3 is 2.63 bits per heavy atom. The van der Waals surface area contributed by atoms with Gasteiger partial charge in [0, 0.05) is 7.05 Å². The molecule has 0 fully saturated rings. The summed E-state index contributed by atoms with van der Waals surface area (Å²) in [5, 5.41) is 4.10. The number of anilines is 1. The molecule has 0 radical (unpaired) electrons. The van der Waals surface area contributed by atoms with Crippen molar-refractivity contribution in [2.75, 3.05) is 5.73 Å².